The molecule has 0 radical (unpaired) electrons. The zero-order chi connectivity index (χ0) is 49.4. The molecule has 2 N–H and O–H groups in total. The van der Waals surface area contributed by atoms with E-state index in [0.29, 0.717) is 35.2 Å². The summed E-state index contributed by atoms with van der Waals surface area (Å²) in [6, 6.07) is 23.8. The fourth-order valence-corrected chi connectivity index (χ4v) is 23.1. The van der Waals surface area contributed by atoms with Crippen molar-refractivity contribution in [3.8, 4) is 11.5 Å². The molecule has 6 nitrogen and oxygen atoms in total. The van der Waals surface area contributed by atoms with E-state index in [2.05, 4.69) is 150 Å². The average molecular weight is 1110 g/mol. The monoisotopic (exact) mass is 1100 g/mol. The van der Waals surface area contributed by atoms with Crippen LogP contribution in [0.1, 0.15) is 201 Å². The molecule has 2 aliphatic heterocycles. The van der Waals surface area contributed by atoms with Gasteiger partial charge < -0.3 is 24.8 Å². The van der Waals surface area contributed by atoms with E-state index in [-0.39, 0.29) is 43.4 Å². The number of hydrogen-bond acceptors (Lipinski definition) is 6. The van der Waals surface area contributed by atoms with Crippen LogP contribution in [0.3, 0.4) is 0 Å². The number of rotatable bonds is 12. The Morgan fingerprint density at radius 1 is 0.438 bits per heavy atom. The molecule has 2 unspecified atom stereocenters. The van der Waals surface area contributed by atoms with E-state index in [1.54, 1.807) is 0 Å². The van der Waals surface area contributed by atoms with Gasteiger partial charge in [-0.15, -0.1) is 0 Å². The summed E-state index contributed by atoms with van der Waals surface area (Å²) in [5.41, 5.74) is 16.0. The summed E-state index contributed by atoms with van der Waals surface area (Å²) in [7, 11) is 0. The van der Waals surface area contributed by atoms with Gasteiger partial charge in [-0.2, -0.15) is 0 Å². The molecule has 10 aliphatic rings. The summed E-state index contributed by atoms with van der Waals surface area (Å²) < 4.78 is 0.230. The van der Waals surface area contributed by atoms with Crippen molar-refractivity contribution in [3.05, 3.63) is 105 Å². The standard InChI is InChI=1S/2C32H43N2O.2ClH.Zr/c2*1-20(2)26-7-6-8-27(21(3)4)30(26)34-10-9-33(19-34)29-12-22(5)11-28(31(29)35)32-16-23-13-24(17-32)15-25(14-23)18-32;;;/h2*6-8,11-12,19-21,23-25,35H,9-10,13-18H2,1-5H3;2*1H;/q;;;;+2/p-2. The summed E-state index contributed by atoms with van der Waals surface area (Å²) in [5.74, 6) is 7.48. The van der Waals surface area contributed by atoms with Crippen molar-refractivity contribution >= 4 is 22.7 Å². The smallest absolute Gasteiger partial charge is 1.00 e. The van der Waals surface area contributed by atoms with E-state index in [1.165, 1.54) is 133 Å². The molecular formula is C64H86Cl2N4O2Zr. The summed E-state index contributed by atoms with van der Waals surface area (Å²) in [5, 5.41) is 26.5. The Labute approximate surface area is 464 Å². The number of phenols is 2. The van der Waals surface area contributed by atoms with Crippen molar-refractivity contribution in [2.75, 3.05) is 45.8 Å². The van der Waals surface area contributed by atoms with Gasteiger partial charge in [0.25, 0.3) is 0 Å². The van der Waals surface area contributed by atoms with Gasteiger partial charge in [0.2, 0.25) is 0 Å². The number of halogens is 2. The fourth-order valence-electron chi connectivity index (χ4n) is 18.1. The van der Waals surface area contributed by atoms with Crippen LogP contribution in [0.2, 0.25) is 0 Å². The number of aryl methyl sites for hydroxylation is 2. The Morgan fingerprint density at radius 2 is 0.712 bits per heavy atom. The molecule has 0 spiro atoms. The molecule has 0 amide bonds. The van der Waals surface area contributed by atoms with Gasteiger partial charge >= 0.3 is 443 Å². The second-order valence-corrected chi connectivity index (χ2v) is 30.0. The zero-order valence-corrected chi connectivity index (χ0v) is 49.9. The van der Waals surface area contributed by atoms with E-state index in [9.17, 15) is 10.2 Å². The van der Waals surface area contributed by atoms with Crippen molar-refractivity contribution in [3.63, 3.8) is 0 Å². The van der Waals surface area contributed by atoms with Crippen LogP contribution in [0.4, 0.5) is 22.7 Å². The molecule has 8 aliphatic carbocycles. The van der Waals surface area contributed by atoms with Crippen LogP contribution in [-0.4, -0.2) is 44.1 Å². The Balaban J connectivity index is 0.00000306. The van der Waals surface area contributed by atoms with Gasteiger partial charge in [-0.05, 0) is 0 Å². The van der Waals surface area contributed by atoms with Gasteiger partial charge in [0.15, 0.2) is 0 Å². The first-order valence-corrected chi connectivity index (χ1v) is 31.6. The number of anilines is 4. The number of phenolic OH excluding ortho intramolecular Hbond substituents is 2. The molecule has 10 fully saturated rings. The molecule has 73 heavy (non-hydrogen) atoms. The van der Waals surface area contributed by atoms with Crippen LogP contribution in [-0.2, 0) is 34.1 Å². The van der Waals surface area contributed by atoms with Crippen molar-refractivity contribution in [2.24, 2.45) is 35.5 Å². The molecule has 0 aromatic heterocycles. The normalized spacial score (nSPS) is 30.9. The van der Waals surface area contributed by atoms with E-state index in [1.807, 2.05) is 0 Å². The van der Waals surface area contributed by atoms with Crippen molar-refractivity contribution in [1.29, 1.82) is 0 Å². The van der Waals surface area contributed by atoms with Gasteiger partial charge in [-0.1, -0.05) is 0 Å². The van der Waals surface area contributed by atoms with Crippen LogP contribution in [0.5, 0.6) is 11.5 Å². The average Bonchev–Trinajstić information content (AvgIpc) is 3.92. The van der Waals surface area contributed by atoms with Crippen LogP contribution >= 0.6 is 0 Å². The molecule has 392 valence electrons. The van der Waals surface area contributed by atoms with Crippen molar-refractivity contribution in [2.45, 2.75) is 189 Å². The van der Waals surface area contributed by atoms with E-state index < -0.39 is 23.2 Å². The second kappa shape index (κ2) is 20.2. The number of benzene rings is 4. The maximum atomic E-state index is 13.2. The van der Waals surface area contributed by atoms with Crippen LogP contribution in [0.25, 0.3) is 0 Å². The molecule has 2 heterocycles. The maximum Gasteiger partial charge on any atom is -1.00 e. The molecular weight excluding hydrogens is 1020 g/mol. The molecule has 4 aromatic rings. The Kier molecular flexibility index (Phi) is 14.8. The SMILES string of the molecule is Cc1cc(N2CCN(c3c(C(C)C)cccc3C(C)C)[CH]2[Zr+2][CH]2N(c3cc(C)cc(C45CC6CC(CC(C6)C4)C5)c3O)CCN2c2c(C(C)C)cccc2C(C)C)c(O)c(C23CC4CC(CC(C4)C2)C3)c1.[Cl-].[Cl-]. The topological polar surface area (TPSA) is 53.4 Å². The van der Waals surface area contributed by atoms with Crippen LogP contribution in [0.15, 0.2) is 60.7 Å². The van der Waals surface area contributed by atoms with E-state index >= 15 is 0 Å². The molecule has 2 saturated heterocycles. The third kappa shape index (κ3) is 9.09. The first-order chi connectivity index (χ1) is 34.0. The van der Waals surface area contributed by atoms with Gasteiger partial charge in [-0.3, -0.25) is 0 Å². The number of aromatic hydroxyl groups is 2. The van der Waals surface area contributed by atoms with Gasteiger partial charge in [0, 0.05) is 0 Å². The molecule has 14 rings (SSSR count). The molecule has 9 heteroatoms. The predicted octanol–water partition coefficient (Wildman–Crippen LogP) is 9.15. The van der Waals surface area contributed by atoms with E-state index in [0.717, 1.165) is 73.1 Å². The Morgan fingerprint density at radius 3 is 0.986 bits per heavy atom. The first-order valence-electron chi connectivity index (χ1n) is 28.8. The minimum Gasteiger partial charge on any atom is -1.00 e. The van der Waals surface area contributed by atoms with Crippen molar-refractivity contribution < 1.29 is 58.3 Å². The number of para-hydroxylation sites is 2. The Bertz CT molecular complexity index is 2390. The third-order valence-corrected chi connectivity index (χ3v) is 24.7. The van der Waals surface area contributed by atoms with Crippen molar-refractivity contribution in [1.82, 2.24) is 0 Å². The molecule has 2 atom stereocenters. The number of nitrogens with zero attached hydrogens (tertiary/aromatic N) is 4. The molecule has 8 saturated carbocycles. The molecule has 4 aromatic carbocycles. The minimum absolute atomic E-state index is 0. The van der Waals surface area contributed by atoms with Crippen LogP contribution < -0.4 is 44.4 Å². The van der Waals surface area contributed by atoms with Gasteiger partial charge in [0.05, 0.1) is 0 Å². The second-order valence-electron chi connectivity index (χ2n) is 26.6. The quantitative estimate of drug-likeness (QED) is 0.148. The minimum atomic E-state index is -1.71. The number of hydrogen-bond donors (Lipinski definition) is 2. The predicted molar refractivity (Wildman–Crippen MR) is 292 cm³/mol. The van der Waals surface area contributed by atoms with Gasteiger partial charge in [-0.25, -0.2) is 0 Å². The summed E-state index contributed by atoms with van der Waals surface area (Å²) in [6.45, 7) is 27.3. The summed E-state index contributed by atoms with van der Waals surface area (Å²) >= 11 is -1.71. The van der Waals surface area contributed by atoms with Gasteiger partial charge in [0.1, 0.15) is 0 Å². The summed E-state index contributed by atoms with van der Waals surface area (Å²) in [4.78, 5) is 11.2. The Hall–Kier alpha value is -2.86. The molecule has 8 bridgehead atoms. The van der Waals surface area contributed by atoms with E-state index in [4.69, 9.17) is 0 Å². The largest absolute Gasteiger partial charge is 1.00 e. The fraction of sp³-hybridized carbons (Fsp3) is 0.625. The van der Waals surface area contributed by atoms with Crippen LogP contribution in [0, 0.1) is 49.4 Å². The summed E-state index contributed by atoms with van der Waals surface area (Å²) in [6.07, 6.45) is 15.8. The third-order valence-electron chi connectivity index (χ3n) is 20.2. The first kappa shape index (κ1) is 53.5. The maximum absolute atomic E-state index is 13.2. The zero-order valence-electron chi connectivity index (χ0n) is 46.0.